The summed E-state index contributed by atoms with van der Waals surface area (Å²) in [7, 11) is 0. The van der Waals surface area contributed by atoms with Crippen molar-refractivity contribution in [1.29, 1.82) is 0 Å². The van der Waals surface area contributed by atoms with Crippen LogP contribution in [0, 0.1) is 6.92 Å². The van der Waals surface area contributed by atoms with Crippen molar-refractivity contribution < 1.29 is 13.5 Å². The van der Waals surface area contributed by atoms with E-state index in [2.05, 4.69) is 15.0 Å². The molecular weight excluding hydrogens is 306 g/mol. The van der Waals surface area contributed by atoms with Crippen LogP contribution in [-0.4, -0.2) is 17.6 Å². The number of rotatable bonds is 5. The highest BCUT2D eigenvalue weighted by molar-refractivity contribution is 7.16. The number of hydrogen-bond donors (Lipinski definition) is 1. The Morgan fingerprint density at radius 2 is 1.91 bits per heavy atom. The van der Waals surface area contributed by atoms with Crippen LogP contribution in [0.1, 0.15) is 30.6 Å². The third-order valence-electron chi connectivity index (χ3n) is 3.83. The van der Waals surface area contributed by atoms with Crippen molar-refractivity contribution in [3.05, 3.63) is 29.1 Å². The lowest BCUT2D eigenvalue weighted by Gasteiger charge is -2.09. The minimum Gasteiger partial charge on any atom is -0.435 e. The van der Waals surface area contributed by atoms with E-state index in [9.17, 15) is 8.78 Å². The summed E-state index contributed by atoms with van der Waals surface area (Å²) in [6.07, 6.45) is 4.96. The molecule has 1 saturated carbocycles. The smallest absolute Gasteiger partial charge is 0.387 e. The number of benzene rings is 1. The molecule has 2 aromatic rings. The van der Waals surface area contributed by atoms with Gasteiger partial charge in [-0.05, 0) is 44.0 Å². The molecule has 6 heteroatoms. The number of thiazole rings is 1. The van der Waals surface area contributed by atoms with Crippen molar-refractivity contribution >= 4 is 16.5 Å². The number of anilines is 1. The van der Waals surface area contributed by atoms with Crippen molar-refractivity contribution in [1.82, 2.24) is 4.98 Å². The Morgan fingerprint density at radius 3 is 2.55 bits per heavy atom. The van der Waals surface area contributed by atoms with E-state index >= 15 is 0 Å². The molecule has 1 aliphatic rings. The molecule has 0 bridgehead atoms. The Kier molecular flexibility index (Phi) is 4.57. The van der Waals surface area contributed by atoms with E-state index in [1.807, 2.05) is 6.92 Å². The zero-order chi connectivity index (χ0) is 15.5. The van der Waals surface area contributed by atoms with E-state index in [0.29, 0.717) is 6.04 Å². The van der Waals surface area contributed by atoms with Gasteiger partial charge in [-0.2, -0.15) is 8.78 Å². The monoisotopic (exact) mass is 324 g/mol. The van der Waals surface area contributed by atoms with Gasteiger partial charge in [0.1, 0.15) is 5.75 Å². The van der Waals surface area contributed by atoms with E-state index in [1.54, 1.807) is 35.6 Å². The van der Waals surface area contributed by atoms with Crippen LogP contribution in [0.25, 0.3) is 11.3 Å². The molecule has 0 unspecified atom stereocenters. The fourth-order valence-electron chi connectivity index (χ4n) is 2.77. The second-order valence-electron chi connectivity index (χ2n) is 5.45. The molecule has 0 aliphatic heterocycles. The van der Waals surface area contributed by atoms with Gasteiger partial charge >= 0.3 is 6.61 Å². The Morgan fingerprint density at radius 1 is 1.23 bits per heavy atom. The van der Waals surface area contributed by atoms with Gasteiger partial charge in [0.05, 0.1) is 5.69 Å². The summed E-state index contributed by atoms with van der Waals surface area (Å²) in [4.78, 5) is 5.77. The third-order valence-corrected chi connectivity index (χ3v) is 4.73. The molecule has 22 heavy (non-hydrogen) atoms. The summed E-state index contributed by atoms with van der Waals surface area (Å²) in [5.41, 5.74) is 1.81. The molecule has 3 rings (SSSR count). The zero-order valence-electron chi connectivity index (χ0n) is 12.3. The van der Waals surface area contributed by atoms with Gasteiger partial charge in [-0.25, -0.2) is 4.98 Å². The number of aromatic nitrogens is 1. The first kappa shape index (κ1) is 15.2. The number of nitrogens with zero attached hydrogens (tertiary/aromatic N) is 1. The van der Waals surface area contributed by atoms with Crippen LogP contribution in [0.3, 0.4) is 0 Å². The second-order valence-corrected chi connectivity index (χ2v) is 6.66. The van der Waals surface area contributed by atoms with Crippen LogP contribution in [0.2, 0.25) is 0 Å². The minimum atomic E-state index is -2.80. The molecule has 1 aromatic carbocycles. The third kappa shape index (κ3) is 3.55. The fourth-order valence-corrected chi connectivity index (χ4v) is 3.68. The van der Waals surface area contributed by atoms with Gasteiger partial charge in [-0.15, -0.1) is 11.3 Å². The summed E-state index contributed by atoms with van der Waals surface area (Å²) < 4.78 is 28.7. The van der Waals surface area contributed by atoms with Crippen molar-refractivity contribution in [2.45, 2.75) is 45.3 Å². The van der Waals surface area contributed by atoms with Crippen molar-refractivity contribution in [3.8, 4) is 17.0 Å². The van der Waals surface area contributed by atoms with Crippen LogP contribution in [-0.2, 0) is 0 Å². The van der Waals surface area contributed by atoms with Crippen LogP contribution in [0.15, 0.2) is 24.3 Å². The van der Waals surface area contributed by atoms with E-state index in [0.717, 1.165) is 21.3 Å². The summed E-state index contributed by atoms with van der Waals surface area (Å²) in [6, 6.07) is 7.15. The zero-order valence-corrected chi connectivity index (χ0v) is 13.1. The van der Waals surface area contributed by atoms with Gasteiger partial charge in [-0.1, -0.05) is 12.8 Å². The van der Waals surface area contributed by atoms with Crippen molar-refractivity contribution in [2.75, 3.05) is 5.32 Å². The Bertz CT molecular complexity index is 622. The van der Waals surface area contributed by atoms with E-state index in [1.165, 1.54) is 25.7 Å². The summed E-state index contributed by atoms with van der Waals surface area (Å²) in [5, 5.41) is 4.43. The first-order valence-corrected chi connectivity index (χ1v) is 8.22. The summed E-state index contributed by atoms with van der Waals surface area (Å²) in [6.45, 7) is -0.773. The molecule has 1 aliphatic carbocycles. The Balaban J connectivity index is 1.74. The van der Waals surface area contributed by atoms with Crippen LogP contribution in [0.5, 0.6) is 5.75 Å². The highest BCUT2D eigenvalue weighted by Gasteiger charge is 2.17. The quantitative estimate of drug-likeness (QED) is 0.833. The fraction of sp³-hybridized carbons (Fsp3) is 0.438. The standard InChI is InChI=1S/C16H18F2N2OS/c1-10-14(11-6-8-13(9-7-11)21-15(17)18)20-16(22-10)19-12-4-2-3-5-12/h6-9,12,15H,2-5H2,1H3,(H,19,20). The molecular formula is C16H18F2N2OS. The molecule has 0 saturated heterocycles. The summed E-state index contributed by atoms with van der Waals surface area (Å²) in [5.74, 6) is 0.163. The van der Waals surface area contributed by atoms with Crippen molar-refractivity contribution in [3.63, 3.8) is 0 Å². The lowest BCUT2D eigenvalue weighted by Crippen LogP contribution is -2.13. The number of hydrogen-bond acceptors (Lipinski definition) is 4. The van der Waals surface area contributed by atoms with Gasteiger partial charge in [0.2, 0.25) is 0 Å². The molecule has 0 spiro atoms. The van der Waals surface area contributed by atoms with E-state index in [-0.39, 0.29) is 5.75 Å². The topological polar surface area (TPSA) is 34.2 Å². The maximum Gasteiger partial charge on any atom is 0.387 e. The number of ether oxygens (including phenoxy) is 1. The molecule has 3 nitrogen and oxygen atoms in total. The van der Waals surface area contributed by atoms with Crippen molar-refractivity contribution in [2.24, 2.45) is 0 Å². The first-order valence-electron chi connectivity index (χ1n) is 7.41. The maximum absolute atomic E-state index is 12.2. The lowest BCUT2D eigenvalue weighted by atomic mass is 10.1. The number of aryl methyl sites for hydroxylation is 1. The highest BCUT2D eigenvalue weighted by atomic mass is 32.1. The van der Waals surface area contributed by atoms with Crippen LogP contribution < -0.4 is 10.1 Å². The normalized spacial score (nSPS) is 15.5. The SMILES string of the molecule is Cc1sc(NC2CCCC2)nc1-c1ccc(OC(F)F)cc1. The number of alkyl halides is 2. The van der Waals surface area contributed by atoms with Gasteiger partial charge in [-0.3, -0.25) is 0 Å². The Labute approximate surface area is 132 Å². The molecule has 1 heterocycles. The molecule has 1 aromatic heterocycles. The van der Waals surface area contributed by atoms with Gasteiger partial charge in [0.25, 0.3) is 0 Å². The average Bonchev–Trinajstić information content (AvgIpc) is 3.09. The van der Waals surface area contributed by atoms with E-state index < -0.39 is 6.61 Å². The molecule has 1 fully saturated rings. The van der Waals surface area contributed by atoms with Crippen LogP contribution >= 0.6 is 11.3 Å². The summed E-state index contributed by atoms with van der Waals surface area (Å²) >= 11 is 1.64. The predicted molar refractivity (Wildman–Crippen MR) is 84.8 cm³/mol. The molecule has 118 valence electrons. The lowest BCUT2D eigenvalue weighted by molar-refractivity contribution is -0.0498. The molecule has 0 amide bonds. The second kappa shape index (κ2) is 6.60. The highest BCUT2D eigenvalue weighted by Crippen LogP contribution is 2.33. The van der Waals surface area contributed by atoms with Gasteiger partial charge in [0, 0.05) is 16.5 Å². The average molecular weight is 324 g/mol. The number of nitrogens with one attached hydrogen (secondary N) is 1. The minimum absolute atomic E-state index is 0.163. The first-order chi connectivity index (χ1) is 10.6. The maximum atomic E-state index is 12.2. The van der Waals surface area contributed by atoms with E-state index in [4.69, 9.17) is 0 Å². The van der Waals surface area contributed by atoms with Gasteiger partial charge < -0.3 is 10.1 Å². The predicted octanol–water partition coefficient (Wildman–Crippen LogP) is 5.07. The van der Waals surface area contributed by atoms with Gasteiger partial charge in [0.15, 0.2) is 5.13 Å². The Hall–Kier alpha value is -1.69. The largest absolute Gasteiger partial charge is 0.435 e. The molecule has 0 radical (unpaired) electrons. The van der Waals surface area contributed by atoms with Crippen LogP contribution in [0.4, 0.5) is 13.9 Å². The number of halogens is 2. The molecule has 0 atom stereocenters. The molecule has 1 N–H and O–H groups in total.